The molecule has 0 aliphatic carbocycles. The van der Waals surface area contributed by atoms with Gasteiger partial charge in [-0.15, -0.1) is 0 Å². The van der Waals surface area contributed by atoms with E-state index in [2.05, 4.69) is 26.1 Å². The number of rotatable bonds is 6. The summed E-state index contributed by atoms with van der Waals surface area (Å²) in [5.41, 5.74) is 0. The second-order valence-corrected chi connectivity index (χ2v) is 4.36. The van der Waals surface area contributed by atoms with Crippen LogP contribution in [0.15, 0.2) is 0 Å². The molecule has 1 saturated heterocycles. The minimum atomic E-state index is 0.874. The number of hydrogen-bond acceptors (Lipinski definition) is 1. The molecule has 3 unspecified atom stereocenters. The molecule has 1 rings (SSSR count). The van der Waals surface area contributed by atoms with Crippen molar-refractivity contribution in [2.24, 2.45) is 11.8 Å². The molecule has 0 aromatic carbocycles. The Bertz CT molecular complexity index is 118. The maximum atomic E-state index is 3.39. The first-order valence-electron chi connectivity index (χ1n) is 5.49. The lowest BCUT2D eigenvalue weighted by Crippen LogP contribution is -2.09. The van der Waals surface area contributed by atoms with Crippen molar-refractivity contribution in [2.75, 3.05) is 6.54 Å². The lowest BCUT2D eigenvalue weighted by molar-refractivity contribution is 0.353. The molecule has 1 heteroatoms. The van der Waals surface area contributed by atoms with Gasteiger partial charge in [-0.2, -0.15) is 0 Å². The van der Waals surface area contributed by atoms with E-state index in [1.165, 1.54) is 32.2 Å². The lowest BCUT2D eigenvalue weighted by Gasteiger charge is -2.17. The summed E-state index contributed by atoms with van der Waals surface area (Å²) in [5.74, 6) is 1.90. The van der Waals surface area contributed by atoms with Crippen LogP contribution in [-0.2, 0) is 0 Å². The number of nitrogens with one attached hydrogen (secondary N) is 1. The molecule has 12 heavy (non-hydrogen) atoms. The summed E-state index contributed by atoms with van der Waals surface area (Å²) in [6, 6.07) is 0.874. The third-order valence-electron chi connectivity index (χ3n) is 3.12. The van der Waals surface area contributed by atoms with E-state index >= 15 is 0 Å². The van der Waals surface area contributed by atoms with Gasteiger partial charge >= 0.3 is 0 Å². The minimum absolute atomic E-state index is 0.874. The van der Waals surface area contributed by atoms with Crippen LogP contribution in [0.2, 0.25) is 0 Å². The highest BCUT2D eigenvalue weighted by atomic mass is 15.1. The van der Waals surface area contributed by atoms with Gasteiger partial charge < -0.3 is 5.32 Å². The fraction of sp³-hybridized carbons (Fsp3) is 1.00. The Morgan fingerprint density at radius 2 is 2.00 bits per heavy atom. The second-order valence-electron chi connectivity index (χ2n) is 4.36. The second kappa shape index (κ2) is 4.86. The summed E-state index contributed by atoms with van der Waals surface area (Å²) in [4.78, 5) is 0. The molecule has 0 spiro atoms. The molecule has 1 N–H and O–H groups in total. The third kappa shape index (κ3) is 3.57. The Balaban J connectivity index is 2.14. The zero-order valence-corrected chi connectivity index (χ0v) is 8.77. The van der Waals surface area contributed by atoms with Gasteiger partial charge in [-0.1, -0.05) is 33.6 Å². The largest absolute Gasteiger partial charge is 0.311 e. The van der Waals surface area contributed by atoms with Crippen LogP contribution in [0.3, 0.4) is 0 Å². The van der Waals surface area contributed by atoms with Gasteiger partial charge in [0.2, 0.25) is 0 Å². The Kier molecular flexibility index (Phi) is 4.07. The zero-order chi connectivity index (χ0) is 8.97. The summed E-state index contributed by atoms with van der Waals surface area (Å²) in [7, 11) is 0. The van der Waals surface area contributed by atoms with Crippen molar-refractivity contribution in [1.29, 1.82) is 0 Å². The van der Waals surface area contributed by atoms with Gasteiger partial charge in [-0.05, 0) is 24.7 Å². The van der Waals surface area contributed by atoms with Crippen molar-refractivity contribution in [3.05, 3.63) is 0 Å². The molecule has 3 atom stereocenters. The molecule has 0 amide bonds. The third-order valence-corrected chi connectivity index (χ3v) is 3.12. The van der Waals surface area contributed by atoms with Gasteiger partial charge in [0.05, 0.1) is 0 Å². The first kappa shape index (κ1) is 10.0. The van der Waals surface area contributed by atoms with Crippen LogP contribution in [0.25, 0.3) is 0 Å². The Labute approximate surface area is 76.9 Å². The van der Waals surface area contributed by atoms with Gasteiger partial charge in [-0.25, -0.2) is 0 Å². The Morgan fingerprint density at radius 3 is 2.42 bits per heavy atom. The molecule has 0 saturated carbocycles. The molecule has 72 valence electrons. The van der Waals surface area contributed by atoms with Gasteiger partial charge in [0.25, 0.3) is 0 Å². The van der Waals surface area contributed by atoms with Crippen LogP contribution >= 0.6 is 0 Å². The molecular weight excluding hydrogens is 146 g/mol. The van der Waals surface area contributed by atoms with Crippen molar-refractivity contribution < 1.29 is 0 Å². The summed E-state index contributed by atoms with van der Waals surface area (Å²) in [6.07, 6.45) is 5.56. The molecular formula is C11H23N. The zero-order valence-electron chi connectivity index (χ0n) is 8.77. The predicted molar refractivity (Wildman–Crippen MR) is 54.3 cm³/mol. The molecule has 1 nitrogen and oxygen atoms in total. The lowest BCUT2D eigenvalue weighted by atomic mass is 9.89. The van der Waals surface area contributed by atoms with E-state index in [-0.39, 0.29) is 0 Å². The molecule has 0 bridgehead atoms. The highest BCUT2D eigenvalue weighted by Gasteiger charge is 2.24. The van der Waals surface area contributed by atoms with Gasteiger partial charge in [0, 0.05) is 12.6 Å². The summed E-state index contributed by atoms with van der Waals surface area (Å²) in [6.45, 7) is 8.28. The van der Waals surface area contributed by atoms with Crippen molar-refractivity contribution in [3.63, 3.8) is 0 Å². The first-order valence-corrected chi connectivity index (χ1v) is 5.49. The molecule has 1 fully saturated rings. The van der Waals surface area contributed by atoms with E-state index in [1.807, 2.05) is 0 Å². The highest BCUT2D eigenvalue weighted by Crippen LogP contribution is 2.24. The van der Waals surface area contributed by atoms with Gasteiger partial charge in [0.1, 0.15) is 0 Å². The maximum Gasteiger partial charge on any atom is 0.0195 e. The van der Waals surface area contributed by atoms with Crippen LogP contribution < -0.4 is 5.32 Å². The Hall–Kier alpha value is -0.0400. The van der Waals surface area contributed by atoms with Crippen molar-refractivity contribution in [3.8, 4) is 0 Å². The van der Waals surface area contributed by atoms with E-state index in [1.54, 1.807) is 0 Å². The summed E-state index contributed by atoms with van der Waals surface area (Å²) in [5, 5.41) is 3.39. The van der Waals surface area contributed by atoms with Crippen molar-refractivity contribution in [2.45, 2.75) is 52.5 Å². The van der Waals surface area contributed by atoms with Crippen LogP contribution in [0.1, 0.15) is 46.5 Å². The molecule has 0 radical (unpaired) electrons. The average Bonchev–Trinajstić information content (AvgIpc) is 2.86. The van der Waals surface area contributed by atoms with Crippen LogP contribution in [-0.4, -0.2) is 12.6 Å². The minimum Gasteiger partial charge on any atom is -0.311 e. The standard InChI is InChI=1S/C11H23N/c1-4-9(3)6-10(5-2)7-11-8-12-11/h9-12H,4-8H2,1-3H3. The van der Waals surface area contributed by atoms with Crippen LogP contribution in [0, 0.1) is 11.8 Å². The monoisotopic (exact) mass is 169 g/mol. The quantitative estimate of drug-likeness (QED) is 0.607. The SMILES string of the molecule is CCC(C)CC(CC)CC1CN1. The van der Waals surface area contributed by atoms with E-state index in [9.17, 15) is 0 Å². The number of hydrogen-bond donors (Lipinski definition) is 1. The van der Waals surface area contributed by atoms with E-state index in [0.717, 1.165) is 17.9 Å². The maximum absolute atomic E-state index is 3.39. The van der Waals surface area contributed by atoms with Crippen molar-refractivity contribution >= 4 is 0 Å². The summed E-state index contributed by atoms with van der Waals surface area (Å²) < 4.78 is 0. The van der Waals surface area contributed by atoms with Crippen LogP contribution in [0.5, 0.6) is 0 Å². The molecule has 0 aromatic heterocycles. The average molecular weight is 169 g/mol. The predicted octanol–water partition coefficient (Wildman–Crippen LogP) is 2.81. The highest BCUT2D eigenvalue weighted by molar-refractivity contribution is 4.85. The smallest absolute Gasteiger partial charge is 0.0195 e. The van der Waals surface area contributed by atoms with E-state index in [4.69, 9.17) is 0 Å². The Morgan fingerprint density at radius 1 is 1.33 bits per heavy atom. The van der Waals surface area contributed by atoms with Gasteiger partial charge in [0.15, 0.2) is 0 Å². The molecule has 1 heterocycles. The van der Waals surface area contributed by atoms with E-state index < -0.39 is 0 Å². The molecule has 1 aliphatic rings. The van der Waals surface area contributed by atoms with Gasteiger partial charge in [-0.3, -0.25) is 0 Å². The fourth-order valence-corrected chi connectivity index (χ4v) is 1.82. The fourth-order valence-electron chi connectivity index (χ4n) is 1.82. The molecule has 1 aliphatic heterocycles. The molecule has 0 aromatic rings. The topological polar surface area (TPSA) is 21.9 Å². The van der Waals surface area contributed by atoms with Crippen molar-refractivity contribution in [1.82, 2.24) is 5.32 Å². The van der Waals surface area contributed by atoms with E-state index in [0.29, 0.717) is 0 Å². The normalized spacial score (nSPS) is 26.8. The first-order chi connectivity index (χ1) is 5.76. The summed E-state index contributed by atoms with van der Waals surface area (Å²) >= 11 is 0. The van der Waals surface area contributed by atoms with Crippen LogP contribution in [0.4, 0.5) is 0 Å².